The number of carbonyl (C=O) groups is 2. The molecule has 0 heterocycles. The standard InChI is InChI=1S/C16H24N2O5.ClH/c1-9(2)23-14(21)11(18-15(22)16(3,4)17)7-10-5-6-12(19)13(20)8-10;/h5-6,8-9,11,19-20H,7,17H2,1-4H3,(H,18,22);1H/t11-;/m0./s1. The first-order valence-electron chi connectivity index (χ1n) is 7.32. The van der Waals surface area contributed by atoms with Crippen LogP contribution in [0.5, 0.6) is 11.5 Å². The van der Waals surface area contributed by atoms with Gasteiger partial charge in [0.2, 0.25) is 5.91 Å². The van der Waals surface area contributed by atoms with E-state index in [0.717, 1.165) is 0 Å². The molecule has 1 rings (SSSR count). The molecule has 7 nitrogen and oxygen atoms in total. The van der Waals surface area contributed by atoms with Gasteiger partial charge in [0, 0.05) is 6.42 Å². The van der Waals surface area contributed by atoms with E-state index in [9.17, 15) is 19.8 Å². The Morgan fingerprint density at radius 2 is 1.83 bits per heavy atom. The normalized spacial score (nSPS) is 12.2. The van der Waals surface area contributed by atoms with Crippen molar-refractivity contribution in [1.82, 2.24) is 5.32 Å². The quantitative estimate of drug-likeness (QED) is 0.447. The molecule has 0 aliphatic heterocycles. The molecule has 0 bridgehead atoms. The van der Waals surface area contributed by atoms with Gasteiger partial charge in [-0.05, 0) is 45.4 Å². The molecule has 0 fully saturated rings. The van der Waals surface area contributed by atoms with Crippen molar-refractivity contribution in [3.63, 3.8) is 0 Å². The van der Waals surface area contributed by atoms with E-state index in [1.54, 1.807) is 19.9 Å². The maximum absolute atomic E-state index is 12.2. The molecule has 1 aromatic rings. The lowest BCUT2D eigenvalue weighted by atomic mass is 10.0. The number of rotatable bonds is 6. The Balaban J connectivity index is 0.00000529. The molecule has 0 saturated carbocycles. The smallest absolute Gasteiger partial charge is 0.329 e. The third-order valence-corrected chi connectivity index (χ3v) is 3.01. The molecule has 24 heavy (non-hydrogen) atoms. The van der Waals surface area contributed by atoms with Gasteiger partial charge in [0.15, 0.2) is 11.5 Å². The van der Waals surface area contributed by atoms with Crippen LogP contribution in [-0.4, -0.2) is 39.8 Å². The molecule has 0 spiro atoms. The summed E-state index contributed by atoms with van der Waals surface area (Å²) >= 11 is 0. The summed E-state index contributed by atoms with van der Waals surface area (Å²) in [5, 5.41) is 21.4. The SMILES string of the molecule is CC(C)OC(=O)[C@H](Cc1ccc(O)c(O)c1)NC(=O)C(C)(C)N.Cl. The minimum atomic E-state index is -1.15. The second kappa shape index (κ2) is 8.75. The molecule has 5 N–H and O–H groups in total. The summed E-state index contributed by atoms with van der Waals surface area (Å²) in [4.78, 5) is 24.2. The van der Waals surface area contributed by atoms with Crippen molar-refractivity contribution in [1.29, 1.82) is 0 Å². The molecule has 1 amide bonds. The number of nitrogens with two attached hydrogens (primary N) is 1. The Morgan fingerprint density at radius 3 is 2.29 bits per heavy atom. The first-order valence-corrected chi connectivity index (χ1v) is 7.32. The van der Waals surface area contributed by atoms with Crippen LogP contribution in [0.15, 0.2) is 18.2 Å². The lowest BCUT2D eigenvalue weighted by Gasteiger charge is -2.24. The number of ether oxygens (including phenoxy) is 1. The van der Waals surface area contributed by atoms with E-state index >= 15 is 0 Å². The highest BCUT2D eigenvalue weighted by Crippen LogP contribution is 2.25. The van der Waals surface area contributed by atoms with Gasteiger partial charge in [0.05, 0.1) is 11.6 Å². The van der Waals surface area contributed by atoms with Crippen LogP contribution in [0.4, 0.5) is 0 Å². The monoisotopic (exact) mass is 360 g/mol. The van der Waals surface area contributed by atoms with Gasteiger partial charge in [-0.1, -0.05) is 6.07 Å². The molecule has 8 heteroatoms. The van der Waals surface area contributed by atoms with E-state index in [0.29, 0.717) is 5.56 Å². The van der Waals surface area contributed by atoms with E-state index in [4.69, 9.17) is 10.5 Å². The summed E-state index contributed by atoms with van der Waals surface area (Å²) < 4.78 is 5.15. The van der Waals surface area contributed by atoms with Crippen molar-refractivity contribution >= 4 is 24.3 Å². The summed E-state index contributed by atoms with van der Waals surface area (Å²) in [5.74, 6) is -1.65. The van der Waals surface area contributed by atoms with Crippen molar-refractivity contribution < 1.29 is 24.5 Å². The van der Waals surface area contributed by atoms with Crippen LogP contribution in [-0.2, 0) is 20.7 Å². The lowest BCUT2D eigenvalue weighted by molar-refractivity contribution is -0.151. The number of phenols is 2. The largest absolute Gasteiger partial charge is 0.504 e. The van der Waals surface area contributed by atoms with E-state index in [1.807, 2.05) is 0 Å². The van der Waals surface area contributed by atoms with Crippen molar-refractivity contribution in [2.24, 2.45) is 5.73 Å². The highest BCUT2D eigenvalue weighted by Gasteiger charge is 2.29. The average Bonchev–Trinajstić information content (AvgIpc) is 2.40. The van der Waals surface area contributed by atoms with Crippen LogP contribution in [0.25, 0.3) is 0 Å². The van der Waals surface area contributed by atoms with Crippen LogP contribution >= 0.6 is 12.4 Å². The highest BCUT2D eigenvalue weighted by molar-refractivity contribution is 5.89. The number of carbonyl (C=O) groups excluding carboxylic acids is 2. The highest BCUT2D eigenvalue weighted by atomic mass is 35.5. The number of nitrogens with one attached hydrogen (secondary N) is 1. The van der Waals surface area contributed by atoms with Gasteiger partial charge in [0.25, 0.3) is 0 Å². The Labute approximate surface area is 147 Å². The minimum Gasteiger partial charge on any atom is -0.504 e. The Morgan fingerprint density at radius 1 is 1.25 bits per heavy atom. The van der Waals surface area contributed by atoms with E-state index in [2.05, 4.69) is 5.32 Å². The minimum absolute atomic E-state index is 0. The zero-order valence-corrected chi connectivity index (χ0v) is 15.0. The number of hydrogen-bond donors (Lipinski definition) is 4. The van der Waals surface area contributed by atoms with Crippen molar-refractivity contribution in [2.75, 3.05) is 0 Å². The zero-order valence-electron chi connectivity index (χ0n) is 14.2. The second-order valence-corrected chi connectivity index (χ2v) is 6.26. The molecule has 0 aromatic heterocycles. The van der Waals surface area contributed by atoms with E-state index in [1.165, 1.54) is 26.0 Å². The van der Waals surface area contributed by atoms with Crippen LogP contribution in [0.3, 0.4) is 0 Å². The maximum Gasteiger partial charge on any atom is 0.329 e. The second-order valence-electron chi connectivity index (χ2n) is 6.26. The van der Waals surface area contributed by atoms with Gasteiger partial charge in [-0.2, -0.15) is 0 Å². The van der Waals surface area contributed by atoms with Gasteiger partial charge in [-0.15, -0.1) is 12.4 Å². The first-order chi connectivity index (χ1) is 10.5. The number of hydrogen-bond acceptors (Lipinski definition) is 6. The summed E-state index contributed by atoms with van der Waals surface area (Å²) in [6.45, 7) is 6.46. The number of benzene rings is 1. The van der Waals surface area contributed by atoms with Gasteiger partial charge in [-0.3, -0.25) is 4.79 Å². The Hall–Kier alpha value is -1.99. The molecule has 0 unspecified atom stereocenters. The third kappa shape index (κ3) is 6.64. The van der Waals surface area contributed by atoms with Gasteiger partial charge >= 0.3 is 5.97 Å². The van der Waals surface area contributed by atoms with E-state index < -0.39 is 23.5 Å². The fourth-order valence-corrected chi connectivity index (χ4v) is 1.78. The predicted octanol–water partition coefficient (Wildman–Crippen LogP) is 1.24. The first kappa shape index (κ1) is 22.0. The number of amides is 1. The van der Waals surface area contributed by atoms with Crippen LogP contribution in [0.1, 0.15) is 33.3 Å². The molecule has 1 aromatic carbocycles. The van der Waals surface area contributed by atoms with Crippen LogP contribution < -0.4 is 11.1 Å². The molecule has 136 valence electrons. The number of halogens is 1. The topological polar surface area (TPSA) is 122 Å². The molecule has 0 aliphatic carbocycles. The molecular formula is C16H25ClN2O5. The van der Waals surface area contributed by atoms with Crippen molar-refractivity contribution in [2.45, 2.75) is 51.8 Å². The van der Waals surface area contributed by atoms with Gasteiger partial charge < -0.3 is 26.0 Å². The predicted molar refractivity (Wildman–Crippen MR) is 92.1 cm³/mol. The maximum atomic E-state index is 12.2. The van der Waals surface area contributed by atoms with Crippen LogP contribution in [0, 0.1) is 0 Å². The lowest BCUT2D eigenvalue weighted by Crippen LogP contribution is -2.55. The molecule has 0 aliphatic rings. The summed E-state index contributed by atoms with van der Waals surface area (Å²) in [6.07, 6.45) is -0.234. The molecule has 1 atom stereocenters. The number of esters is 1. The van der Waals surface area contributed by atoms with E-state index in [-0.39, 0.29) is 36.4 Å². The van der Waals surface area contributed by atoms with Gasteiger partial charge in [-0.25, -0.2) is 4.79 Å². The third-order valence-electron chi connectivity index (χ3n) is 3.01. The summed E-state index contributed by atoms with van der Waals surface area (Å²) in [7, 11) is 0. The fourth-order valence-electron chi connectivity index (χ4n) is 1.78. The molecule has 0 saturated heterocycles. The zero-order chi connectivity index (χ0) is 17.8. The summed E-state index contributed by atoms with van der Waals surface area (Å²) in [5.41, 5.74) is 5.14. The average molecular weight is 361 g/mol. The molecule has 0 radical (unpaired) electrons. The van der Waals surface area contributed by atoms with Crippen molar-refractivity contribution in [3.05, 3.63) is 23.8 Å². The van der Waals surface area contributed by atoms with Crippen LogP contribution in [0.2, 0.25) is 0 Å². The Bertz CT molecular complexity index is 584. The van der Waals surface area contributed by atoms with Gasteiger partial charge in [0.1, 0.15) is 6.04 Å². The fraction of sp³-hybridized carbons (Fsp3) is 0.500. The Kier molecular flexibility index (Phi) is 8.02. The number of aromatic hydroxyl groups is 2. The number of phenolic OH excluding ortho intramolecular Hbond substituents is 2. The van der Waals surface area contributed by atoms with Crippen molar-refractivity contribution in [3.8, 4) is 11.5 Å². The molecular weight excluding hydrogens is 336 g/mol. The summed E-state index contributed by atoms with van der Waals surface area (Å²) in [6, 6.07) is 3.23.